The number of nitrogens with zero attached hydrogens (tertiary/aromatic N) is 2. The first-order chi connectivity index (χ1) is 17.0. The Hall–Kier alpha value is -3.91. The minimum atomic E-state index is -0.181. The number of hydrogen-bond acceptors (Lipinski definition) is 5. The van der Waals surface area contributed by atoms with Gasteiger partial charge in [-0.25, -0.2) is 0 Å². The van der Waals surface area contributed by atoms with E-state index in [0.717, 1.165) is 16.5 Å². The number of hydrogen-bond donors (Lipinski definition) is 2. The van der Waals surface area contributed by atoms with E-state index in [1.807, 2.05) is 47.4 Å². The van der Waals surface area contributed by atoms with Crippen molar-refractivity contribution in [2.24, 2.45) is 0 Å². The molecule has 1 unspecified atom stereocenters. The molecule has 2 heterocycles. The molecule has 7 nitrogen and oxygen atoms in total. The van der Waals surface area contributed by atoms with Crippen LogP contribution in [-0.4, -0.2) is 34.2 Å². The van der Waals surface area contributed by atoms with Gasteiger partial charge in [0.1, 0.15) is 0 Å². The molecule has 2 aromatic heterocycles. The summed E-state index contributed by atoms with van der Waals surface area (Å²) >= 11 is 5.81. The molecule has 0 radical (unpaired) electrons. The number of rotatable bonds is 8. The second kappa shape index (κ2) is 11.0. The van der Waals surface area contributed by atoms with Crippen molar-refractivity contribution >= 4 is 28.2 Å². The van der Waals surface area contributed by atoms with Gasteiger partial charge in [0, 0.05) is 36.0 Å². The standard InChI is InChI=1S/C27H28N4O3S/c1-18(20-9-5-4-6-10-20)29-27(35)31(16-19-8-7-11-28-15-19)17-22-12-21-13-24(33-2)25(34-3)14-23(21)30-26(22)32/h4-15,18H,16-17H2,1-3H3,(H,29,35)(H,30,32). The summed E-state index contributed by atoms with van der Waals surface area (Å²) < 4.78 is 10.8. The number of fused-ring (bicyclic) bond motifs is 1. The second-order valence-corrected chi connectivity index (χ2v) is 8.60. The predicted octanol–water partition coefficient (Wildman–Crippen LogP) is 4.58. The maximum absolute atomic E-state index is 13.0. The van der Waals surface area contributed by atoms with E-state index >= 15 is 0 Å². The third kappa shape index (κ3) is 5.78. The normalized spacial score (nSPS) is 11.6. The molecule has 4 aromatic rings. The van der Waals surface area contributed by atoms with Crippen LogP contribution in [-0.2, 0) is 13.1 Å². The second-order valence-electron chi connectivity index (χ2n) is 8.22. The lowest BCUT2D eigenvalue weighted by molar-refractivity contribution is 0.355. The summed E-state index contributed by atoms with van der Waals surface area (Å²) in [4.78, 5) is 22.2. The molecular weight excluding hydrogens is 460 g/mol. The maximum Gasteiger partial charge on any atom is 0.253 e. The van der Waals surface area contributed by atoms with E-state index in [-0.39, 0.29) is 11.6 Å². The van der Waals surface area contributed by atoms with E-state index in [4.69, 9.17) is 21.7 Å². The number of thiocarbonyl (C=S) groups is 1. The number of aromatic amines is 1. The lowest BCUT2D eigenvalue weighted by Gasteiger charge is -2.28. The molecular formula is C27H28N4O3S. The molecule has 4 rings (SSSR count). The smallest absolute Gasteiger partial charge is 0.253 e. The van der Waals surface area contributed by atoms with Crippen molar-refractivity contribution in [2.45, 2.75) is 26.1 Å². The zero-order valence-corrected chi connectivity index (χ0v) is 20.8. The van der Waals surface area contributed by atoms with Crippen molar-refractivity contribution in [2.75, 3.05) is 14.2 Å². The van der Waals surface area contributed by atoms with E-state index in [0.29, 0.717) is 40.8 Å². The van der Waals surface area contributed by atoms with Crippen molar-refractivity contribution < 1.29 is 9.47 Å². The minimum absolute atomic E-state index is 0.00622. The molecule has 180 valence electrons. The molecule has 0 aliphatic rings. The summed E-state index contributed by atoms with van der Waals surface area (Å²) in [6.07, 6.45) is 3.54. The largest absolute Gasteiger partial charge is 0.493 e. The first kappa shape index (κ1) is 24.2. The van der Waals surface area contributed by atoms with Crippen molar-refractivity contribution in [3.05, 3.63) is 100 Å². The Bertz CT molecular complexity index is 1360. The van der Waals surface area contributed by atoms with E-state index in [1.165, 1.54) is 0 Å². The van der Waals surface area contributed by atoms with Gasteiger partial charge in [0.15, 0.2) is 16.6 Å². The number of pyridine rings is 2. The van der Waals surface area contributed by atoms with Gasteiger partial charge in [0.2, 0.25) is 0 Å². The average Bonchev–Trinajstić information content (AvgIpc) is 2.89. The summed E-state index contributed by atoms with van der Waals surface area (Å²) in [5.74, 6) is 1.15. The fourth-order valence-corrected chi connectivity index (χ4v) is 4.22. The van der Waals surface area contributed by atoms with Crippen LogP contribution in [0.2, 0.25) is 0 Å². The Labute approximate surface area is 209 Å². The van der Waals surface area contributed by atoms with Crippen LogP contribution in [0.15, 0.2) is 77.9 Å². The molecule has 2 N–H and O–H groups in total. The number of nitrogens with one attached hydrogen (secondary N) is 2. The highest BCUT2D eigenvalue weighted by molar-refractivity contribution is 7.80. The van der Waals surface area contributed by atoms with Gasteiger partial charge in [-0.2, -0.15) is 0 Å². The summed E-state index contributed by atoms with van der Waals surface area (Å²) in [5, 5.41) is 4.81. The average molecular weight is 489 g/mol. The van der Waals surface area contributed by atoms with Crippen LogP contribution in [0.25, 0.3) is 10.9 Å². The molecule has 2 aromatic carbocycles. The Morgan fingerprint density at radius 2 is 1.80 bits per heavy atom. The molecule has 0 fully saturated rings. The molecule has 0 aliphatic heterocycles. The summed E-state index contributed by atoms with van der Waals surface area (Å²) in [7, 11) is 3.15. The van der Waals surface area contributed by atoms with Crippen LogP contribution in [0.3, 0.4) is 0 Å². The van der Waals surface area contributed by atoms with Crippen LogP contribution >= 0.6 is 12.2 Å². The Morgan fingerprint density at radius 3 is 2.49 bits per heavy atom. The van der Waals surface area contributed by atoms with Crippen molar-refractivity contribution in [3.8, 4) is 11.5 Å². The highest BCUT2D eigenvalue weighted by Gasteiger charge is 2.17. The fraction of sp³-hybridized carbons (Fsp3) is 0.222. The van der Waals surface area contributed by atoms with Crippen LogP contribution in [0.5, 0.6) is 11.5 Å². The van der Waals surface area contributed by atoms with Crippen molar-refractivity contribution in [1.29, 1.82) is 0 Å². The van der Waals surface area contributed by atoms with E-state index < -0.39 is 0 Å². The Kier molecular flexibility index (Phi) is 7.62. The minimum Gasteiger partial charge on any atom is -0.493 e. The SMILES string of the molecule is COc1cc2cc(CN(Cc3cccnc3)C(=S)NC(C)c3ccccc3)c(=O)[nH]c2cc1OC. The van der Waals surface area contributed by atoms with E-state index in [2.05, 4.69) is 34.3 Å². The van der Waals surface area contributed by atoms with Gasteiger partial charge in [0.05, 0.1) is 32.3 Å². The topological polar surface area (TPSA) is 79.5 Å². The molecule has 35 heavy (non-hydrogen) atoms. The maximum atomic E-state index is 13.0. The van der Waals surface area contributed by atoms with Gasteiger partial charge in [0.25, 0.3) is 5.56 Å². The summed E-state index contributed by atoms with van der Waals surface area (Å²) in [6, 6.07) is 19.5. The van der Waals surface area contributed by atoms with E-state index in [1.54, 1.807) is 32.7 Å². The molecule has 0 bridgehead atoms. The molecule has 1 atom stereocenters. The van der Waals surface area contributed by atoms with Gasteiger partial charge in [-0.1, -0.05) is 36.4 Å². The zero-order valence-electron chi connectivity index (χ0n) is 19.9. The Balaban J connectivity index is 1.64. The number of H-pyrrole nitrogens is 1. The van der Waals surface area contributed by atoms with Crippen LogP contribution in [0.1, 0.15) is 29.7 Å². The quantitative estimate of drug-likeness (QED) is 0.352. The number of aromatic nitrogens is 2. The fourth-order valence-electron chi connectivity index (χ4n) is 3.91. The van der Waals surface area contributed by atoms with Gasteiger partial charge < -0.3 is 24.7 Å². The lowest BCUT2D eigenvalue weighted by atomic mass is 10.1. The van der Waals surface area contributed by atoms with Gasteiger partial charge in [-0.05, 0) is 48.5 Å². The molecule has 0 amide bonds. The highest BCUT2D eigenvalue weighted by atomic mass is 32.1. The molecule has 0 spiro atoms. The van der Waals surface area contributed by atoms with Crippen molar-refractivity contribution in [3.63, 3.8) is 0 Å². The van der Waals surface area contributed by atoms with Crippen LogP contribution in [0, 0.1) is 0 Å². The lowest BCUT2D eigenvalue weighted by Crippen LogP contribution is -2.41. The number of methoxy groups -OCH3 is 2. The first-order valence-corrected chi connectivity index (χ1v) is 11.7. The third-order valence-corrected chi connectivity index (χ3v) is 6.19. The summed E-state index contributed by atoms with van der Waals surface area (Å²) in [5.41, 5.74) is 3.20. The van der Waals surface area contributed by atoms with Gasteiger partial charge >= 0.3 is 0 Å². The monoisotopic (exact) mass is 488 g/mol. The number of benzene rings is 2. The summed E-state index contributed by atoms with van der Waals surface area (Å²) in [6.45, 7) is 2.89. The Morgan fingerprint density at radius 1 is 1.06 bits per heavy atom. The van der Waals surface area contributed by atoms with Gasteiger partial charge in [-0.3, -0.25) is 9.78 Å². The highest BCUT2D eigenvalue weighted by Crippen LogP contribution is 2.31. The molecule has 8 heteroatoms. The van der Waals surface area contributed by atoms with Crippen LogP contribution in [0.4, 0.5) is 0 Å². The molecule has 0 aliphatic carbocycles. The molecule has 0 saturated carbocycles. The molecule has 0 saturated heterocycles. The third-order valence-electron chi connectivity index (χ3n) is 5.81. The van der Waals surface area contributed by atoms with Crippen molar-refractivity contribution in [1.82, 2.24) is 20.2 Å². The number of ether oxygens (including phenoxy) is 2. The zero-order chi connectivity index (χ0) is 24.8. The van der Waals surface area contributed by atoms with Crippen LogP contribution < -0.4 is 20.3 Å². The first-order valence-electron chi connectivity index (χ1n) is 11.3. The van der Waals surface area contributed by atoms with Gasteiger partial charge in [-0.15, -0.1) is 0 Å². The van der Waals surface area contributed by atoms with E-state index in [9.17, 15) is 4.79 Å². The predicted molar refractivity (Wildman–Crippen MR) is 142 cm³/mol.